The van der Waals surface area contributed by atoms with Gasteiger partial charge in [0.1, 0.15) is 18.0 Å². The molecular formula is C22H33FN4O5Si. The molecule has 0 atom stereocenters. The van der Waals surface area contributed by atoms with Crippen LogP contribution < -0.4 is 0 Å². The third kappa shape index (κ3) is 7.93. The summed E-state index contributed by atoms with van der Waals surface area (Å²) >= 11 is 0. The van der Waals surface area contributed by atoms with Crippen LogP contribution in [0.3, 0.4) is 0 Å². The lowest BCUT2D eigenvalue weighted by Crippen LogP contribution is -2.33. The Bertz CT molecular complexity index is 998. The Kier molecular flexibility index (Phi) is 8.36. The Balaban J connectivity index is 2.34. The van der Waals surface area contributed by atoms with E-state index in [-0.39, 0.29) is 24.5 Å². The lowest BCUT2D eigenvalue weighted by molar-refractivity contribution is -0.387. The van der Waals surface area contributed by atoms with Gasteiger partial charge in [-0.3, -0.25) is 10.1 Å². The van der Waals surface area contributed by atoms with E-state index in [9.17, 15) is 19.3 Å². The van der Waals surface area contributed by atoms with Crippen molar-refractivity contribution in [1.82, 2.24) is 14.7 Å². The standard InChI is InChI=1S/C22H33FN4O5Si/c1-22(2,3)32-21(28)25(4)13-16-14-26(15-31-11-12-33(5,6)7)24-20(16)17-9-8-10-18(19(17)23)27(29)30/h8-10,14H,11-13,15H2,1-7H3. The number of carbonyl (C=O) groups excluding carboxylic acids is 1. The molecule has 0 saturated heterocycles. The summed E-state index contributed by atoms with van der Waals surface area (Å²) in [4.78, 5) is 24.2. The molecule has 2 rings (SSSR count). The predicted molar refractivity (Wildman–Crippen MR) is 126 cm³/mol. The summed E-state index contributed by atoms with van der Waals surface area (Å²) in [5.41, 5.74) is -0.608. The first-order valence-electron chi connectivity index (χ1n) is 10.7. The summed E-state index contributed by atoms with van der Waals surface area (Å²) in [6, 6.07) is 4.91. The zero-order valence-corrected chi connectivity index (χ0v) is 21.3. The predicted octanol–water partition coefficient (Wildman–Crippen LogP) is 5.28. The van der Waals surface area contributed by atoms with Crippen LogP contribution in [-0.4, -0.2) is 53.0 Å². The van der Waals surface area contributed by atoms with Crippen molar-refractivity contribution in [2.75, 3.05) is 13.7 Å². The molecule has 1 aromatic heterocycles. The first-order chi connectivity index (χ1) is 15.2. The maximum absolute atomic E-state index is 14.9. The largest absolute Gasteiger partial charge is 0.444 e. The Morgan fingerprint density at radius 2 is 1.97 bits per heavy atom. The number of hydrogen-bond donors (Lipinski definition) is 0. The van der Waals surface area contributed by atoms with Gasteiger partial charge in [-0.25, -0.2) is 9.48 Å². The van der Waals surface area contributed by atoms with Crippen LogP contribution in [0.15, 0.2) is 24.4 Å². The fraction of sp³-hybridized carbons (Fsp3) is 0.545. The SMILES string of the molecule is CN(Cc1cn(COCC[Si](C)(C)C)nc1-c1cccc([N+](=O)[O-])c1F)C(=O)OC(C)(C)C. The minimum atomic E-state index is -1.26. The van der Waals surface area contributed by atoms with E-state index in [0.717, 1.165) is 12.1 Å². The molecule has 0 aliphatic rings. The maximum atomic E-state index is 14.9. The average Bonchev–Trinajstić information content (AvgIpc) is 3.05. The van der Waals surface area contributed by atoms with Gasteiger partial charge in [-0.15, -0.1) is 0 Å². The number of halogens is 1. The number of hydrogen-bond acceptors (Lipinski definition) is 6. The van der Waals surface area contributed by atoms with Crippen LogP contribution in [0.2, 0.25) is 25.7 Å². The molecule has 0 aliphatic heterocycles. The van der Waals surface area contributed by atoms with Crippen LogP contribution in [0.4, 0.5) is 14.9 Å². The Morgan fingerprint density at radius 1 is 1.30 bits per heavy atom. The van der Waals surface area contributed by atoms with Crippen LogP contribution in [0, 0.1) is 15.9 Å². The van der Waals surface area contributed by atoms with Crippen LogP contribution in [0.1, 0.15) is 26.3 Å². The van der Waals surface area contributed by atoms with Gasteiger partial charge in [0.15, 0.2) is 0 Å². The van der Waals surface area contributed by atoms with E-state index in [1.165, 1.54) is 21.7 Å². The molecular weight excluding hydrogens is 447 g/mol. The third-order valence-corrected chi connectivity index (χ3v) is 6.30. The minimum absolute atomic E-state index is 0.0161. The Morgan fingerprint density at radius 3 is 2.55 bits per heavy atom. The second-order valence-electron chi connectivity index (χ2n) is 10.1. The van der Waals surface area contributed by atoms with Gasteiger partial charge < -0.3 is 14.4 Å². The summed E-state index contributed by atoms with van der Waals surface area (Å²) in [5.74, 6) is -0.978. The van der Waals surface area contributed by atoms with Gasteiger partial charge in [0.05, 0.1) is 11.5 Å². The van der Waals surface area contributed by atoms with Gasteiger partial charge in [-0.1, -0.05) is 25.7 Å². The molecule has 0 aliphatic carbocycles. The van der Waals surface area contributed by atoms with Crippen molar-refractivity contribution in [2.24, 2.45) is 0 Å². The maximum Gasteiger partial charge on any atom is 0.410 e. The fourth-order valence-corrected chi connectivity index (χ4v) is 3.67. The lowest BCUT2D eigenvalue weighted by Gasteiger charge is -2.24. The summed E-state index contributed by atoms with van der Waals surface area (Å²) in [6.45, 7) is 12.8. The van der Waals surface area contributed by atoms with Crippen molar-refractivity contribution in [3.63, 3.8) is 0 Å². The van der Waals surface area contributed by atoms with Crippen molar-refractivity contribution in [2.45, 2.75) is 65.3 Å². The van der Waals surface area contributed by atoms with Crippen LogP contribution in [-0.2, 0) is 22.7 Å². The zero-order valence-electron chi connectivity index (χ0n) is 20.3. The number of nitro benzene ring substituents is 1. The zero-order chi connectivity index (χ0) is 25.0. The highest BCUT2D eigenvalue weighted by Gasteiger charge is 2.25. The molecule has 11 heteroatoms. The lowest BCUT2D eigenvalue weighted by atomic mass is 10.1. The quantitative estimate of drug-likeness (QED) is 0.210. The number of carbonyl (C=O) groups is 1. The van der Waals surface area contributed by atoms with Gasteiger partial charge in [0.25, 0.3) is 0 Å². The molecule has 0 unspecified atom stereocenters. The number of nitrogens with zero attached hydrogens (tertiary/aromatic N) is 4. The number of aromatic nitrogens is 2. The van der Waals surface area contributed by atoms with Gasteiger partial charge in [0.2, 0.25) is 5.82 Å². The molecule has 0 N–H and O–H groups in total. The van der Waals surface area contributed by atoms with E-state index in [0.29, 0.717) is 12.2 Å². The summed E-state index contributed by atoms with van der Waals surface area (Å²) in [6.07, 6.45) is 1.11. The van der Waals surface area contributed by atoms with Gasteiger partial charge in [-0.2, -0.15) is 9.49 Å². The van der Waals surface area contributed by atoms with Crippen molar-refractivity contribution in [3.8, 4) is 11.3 Å². The first kappa shape index (κ1) is 26.5. The van der Waals surface area contributed by atoms with E-state index >= 15 is 0 Å². The van der Waals surface area contributed by atoms with Crippen molar-refractivity contribution < 1.29 is 23.6 Å². The summed E-state index contributed by atoms with van der Waals surface area (Å²) in [5, 5.41) is 15.6. The van der Waals surface area contributed by atoms with Crippen LogP contribution in [0.5, 0.6) is 0 Å². The molecule has 0 saturated carbocycles. The van der Waals surface area contributed by atoms with E-state index in [4.69, 9.17) is 9.47 Å². The monoisotopic (exact) mass is 480 g/mol. The molecule has 33 heavy (non-hydrogen) atoms. The second kappa shape index (κ2) is 10.4. The molecule has 0 spiro atoms. The van der Waals surface area contributed by atoms with Gasteiger partial charge in [-0.05, 0) is 32.9 Å². The van der Waals surface area contributed by atoms with E-state index in [1.807, 2.05) is 0 Å². The van der Waals surface area contributed by atoms with E-state index in [2.05, 4.69) is 24.7 Å². The van der Waals surface area contributed by atoms with Gasteiger partial charge >= 0.3 is 11.8 Å². The van der Waals surface area contributed by atoms with Crippen LogP contribution in [0.25, 0.3) is 11.3 Å². The fourth-order valence-electron chi connectivity index (χ4n) is 2.91. The number of benzene rings is 1. The summed E-state index contributed by atoms with van der Waals surface area (Å²) in [7, 11) is 0.300. The molecule has 1 heterocycles. The van der Waals surface area contributed by atoms with Crippen molar-refractivity contribution in [3.05, 3.63) is 45.9 Å². The molecule has 2 aromatic rings. The van der Waals surface area contributed by atoms with Crippen molar-refractivity contribution >= 4 is 19.9 Å². The molecule has 0 bridgehead atoms. The Labute approximate surface area is 194 Å². The molecule has 0 radical (unpaired) electrons. The number of nitro groups is 1. The Hall–Kier alpha value is -2.79. The molecule has 182 valence electrons. The van der Waals surface area contributed by atoms with Crippen LogP contribution >= 0.6 is 0 Å². The third-order valence-electron chi connectivity index (χ3n) is 4.60. The van der Waals surface area contributed by atoms with E-state index in [1.54, 1.807) is 34.0 Å². The molecule has 1 aromatic carbocycles. The highest BCUT2D eigenvalue weighted by atomic mass is 28.3. The second-order valence-corrected chi connectivity index (χ2v) is 15.7. The highest BCUT2D eigenvalue weighted by molar-refractivity contribution is 6.76. The van der Waals surface area contributed by atoms with Crippen molar-refractivity contribution in [1.29, 1.82) is 0 Å². The topological polar surface area (TPSA) is 99.7 Å². The summed E-state index contributed by atoms with van der Waals surface area (Å²) < 4.78 is 27.6. The molecule has 1 amide bonds. The highest BCUT2D eigenvalue weighted by Crippen LogP contribution is 2.31. The molecule has 9 nitrogen and oxygen atoms in total. The number of amides is 1. The number of ether oxygens (including phenoxy) is 2. The van der Waals surface area contributed by atoms with Gasteiger partial charge in [0, 0.05) is 45.1 Å². The average molecular weight is 481 g/mol. The number of rotatable bonds is 9. The molecule has 0 fully saturated rings. The smallest absolute Gasteiger partial charge is 0.410 e. The normalized spacial score (nSPS) is 12.0. The first-order valence-corrected chi connectivity index (χ1v) is 14.4. The van der Waals surface area contributed by atoms with E-state index < -0.39 is 36.2 Å². The minimum Gasteiger partial charge on any atom is -0.444 e.